The number of pyridine rings is 2. The molecule has 14 rings (SSSR count). The van der Waals surface area contributed by atoms with E-state index in [4.69, 9.17) is 4.74 Å². The Bertz CT molecular complexity index is 3150. The molecule has 5 aromatic carbocycles. The number of anilines is 3. The van der Waals surface area contributed by atoms with E-state index in [2.05, 4.69) is 175 Å². The van der Waals surface area contributed by atoms with E-state index < -0.39 is 5.66 Å². The summed E-state index contributed by atoms with van der Waals surface area (Å²) in [5.41, 5.74) is 17.0. The third-order valence-electron chi connectivity index (χ3n) is 14.4. The molecule has 54 heavy (non-hydrogen) atoms. The number of hydrogen-bond acceptors (Lipinski definition) is 2. The molecule has 8 aromatic rings. The average molecular weight is 697 g/mol. The van der Waals surface area contributed by atoms with Gasteiger partial charge in [0.25, 0.3) is 11.6 Å². The van der Waals surface area contributed by atoms with E-state index in [1.54, 1.807) is 0 Å². The van der Waals surface area contributed by atoms with Crippen molar-refractivity contribution >= 4 is 39.0 Å². The van der Waals surface area contributed by atoms with Crippen LogP contribution in [-0.2, 0) is 16.5 Å². The van der Waals surface area contributed by atoms with Gasteiger partial charge in [-0.05, 0) is 59.7 Å². The molecule has 256 valence electrons. The van der Waals surface area contributed by atoms with Crippen LogP contribution in [0.5, 0.6) is 11.5 Å². The minimum Gasteiger partial charge on any atom is -0.456 e. The van der Waals surface area contributed by atoms with E-state index in [1.807, 2.05) is 0 Å². The monoisotopic (exact) mass is 696 g/mol. The smallest absolute Gasteiger partial charge is 0.323 e. The molecule has 0 saturated heterocycles. The Labute approximate surface area is 312 Å². The molecule has 0 fully saturated rings. The van der Waals surface area contributed by atoms with Gasteiger partial charge in [0.1, 0.15) is 33.8 Å². The second-order valence-electron chi connectivity index (χ2n) is 17.4. The molecule has 6 aliphatic rings. The maximum absolute atomic E-state index is 7.20. The zero-order valence-corrected chi connectivity index (χ0v) is 30.8. The highest BCUT2D eigenvalue weighted by atomic mass is 16.5. The van der Waals surface area contributed by atoms with Gasteiger partial charge in [-0.3, -0.25) is 0 Å². The third-order valence-corrected chi connectivity index (χ3v) is 14.4. The number of rotatable bonds is 2. The van der Waals surface area contributed by atoms with Crippen LogP contribution in [0.2, 0.25) is 0 Å². The van der Waals surface area contributed by atoms with E-state index in [9.17, 15) is 0 Å². The number of hydrogen-bond donors (Lipinski definition) is 0. The third kappa shape index (κ3) is 2.66. The van der Waals surface area contributed by atoms with Gasteiger partial charge in [-0.1, -0.05) is 101 Å². The van der Waals surface area contributed by atoms with Crippen molar-refractivity contribution in [1.29, 1.82) is 0 Å². The molecule has 5 nitrogen and oxygen atoms in total. The summed E-state index contributed by atoms with van der Waals surface area (Å²) in [5.74, 6) is 4.55. The van der Waals surface area contributed by atoms with Crippen LogP contribution in [-0.4, -0.2) is 4.57 Å². The van der Waals surface area contributed by atoms with Crippen molar-refractivity contribution in [3.05, 3.63) is 166 Å². The Balaban J connectivity index is 1.26. The minimum absolute atomic E-state index is 0.197. The Morgan fingerprint density at radius 3 is 2.11 bits per heavy atom. The summed E-state index contributed by atoms with van der Waals surface area (Å²) < 4.78 is 15.2. The second kappa shape index (κ2) is 8.45. The maximum Gasteiger partial charge on any atom is 0.323 e. The molecule has 5 heteroatoms. The zero-order chi connectivity index (χ0) is 35.8. The fourth-order valence-corrected chi connectivity index (χ4v) is 11.9. The second-order valence-corrected chi connectivity index (χ2v) is 17.4. The fraction of sp³-hybridized carbons (Fsp3) is 0.184. The van der Waals surface area contributed by atoms with Crippen LogP contribution >= 0.6 is 0 Å². The first-order valence-corrected chi connectivity index (χ1v) is 19.4. The van der Waals surface area contributed by atoms with Crippen molar-refractivity contribution in [3.63, 3.8) is 0 Å². The van der Waals surface area contributed by atoms with Crippen LogP contribution in [0.1, 0.15) is 85.0 Å². The van der Waals surface area contributed by atoms with Crippen molar-refractivity contribution in [2.24, 2.45) is 0 Å². The van der Waals surface area contributed by atoms with Gasteiger partial charge < -0.3 is 4.74 Å². The van der Waals surface area contributed by atoms with Gasteiger partial charge in [-0.2, -0.15) is 18.6 Å². The highest BCUT2D eigenvalue weighted by Gasteiger charge is 2.72. The summed E-state index contributed by atoms with van der Waals surface area (Å²) in [6, 6.07) is 46.0. The highest BCUT2D eigenvalue weighted by Crippen LogP contribution is 2.67. The van der Waals surface area contributed by atoms with Crippen LogP contribution in [0.25, 0.3) is 39.0 Å². The van der Waals surface area contributed by atoms with E-state index in [0.717, 1.165) is 11.5 Å². The molecule has 0 radical (unpaired) electrons. The zero-order valence-electron chi connectivity index (χ0n) is 30.8. The number of ether oxygens (including phenoxy) is 1. The molecule has 1 spiro atoms. The average Bonchev–Trinajstić information content (AvgIpc) is 3.69. The summed E-state index contributed by atoms with van der Waals surface area (Å²) in [5, 5.41) is 2.53. The molecule has 9 heterocycles. The lowest BCUT2D eigenvalue weighted by molar-refractivity contribution is -0.932. The van der Waals surface area contributed by atoms with Crippen LogP contribution in [0.15, 0.2) is 121 Å². The first kappa shape index (κ1) is 28.3. The molecular weight excluding hydrogens is 661 g/mol. The van der Waals surface area contributed by atoms with Crippen LogP contribution < -0.4 is 18.8 Å². The summed E-state index contributed by atoms with van der Waals surface area (Å²) in [6.07, 6.45) is 0. The van der Waals surface area contributed by atoms with Crippen molar-refractivity contribution in [3.8, 4) is 28.7 Å². The summed E-state index contributed by atoms with van der Waals surface area (Å²) in [4.78, 5) is 2.65. The summed E-state index contributed by atoms with van der Waals surface area (Å²) >= 11 is 0. The number of benzene rings is 5. The highest BCUT2D eigenvalue weighted by molar-refractivity contribution is 6.12. The molecule has 0 N–H and O–H groups in total. The first-order chi connectivity index (χ1) is 26.2. The predicted molar refractivity (Wildman–Crippen MR) is 211 cm³/mol. The first-order valence-electron chi connectivity index (χ1n) is 19.4. The maximum atomic E-state index is 7.20. The lowest BCUT2D eigenvalue weighted by Crippen LogP contribution is -2.76. The lowest BCUT2D eigenvalue weighted by Gasteiger charge is -2.50. The molecular formula is C49H36N4O+2. The number of nitrogens with zero attached hydrogens (tertiary/aromatic N) is 4. The normalized spacial score (nSPS) is 20.0. The SMILES string of the molecule is CC(c1ccccc1)c1cc2[n+]3c(c1)-n1c4ccccc4c4ccc5c(c41)C31c3c(ccc4c3N3c6c(cccc6C(C)(C)c6ccc-2[n+]1c63)C4(C)C)O5. The summed E-state index contributed by atoms with van der Waals surface area (Å²) in [6.45, 7) is 12.1. The number of para-hydroxylation sites is 2. The van der Waals surface area contributed by atoms with Gasteiger partial charge >= 0.3 is 5.66 Å². The van der Waals surface area contributed by atoms with Gasteiger partial charge in [0.15, 0.2) is 22.6 Å². The number of fused-ring (bicyclic) bond motifs is 5. The molecule has 2 unspecified atom stereocenters. The van der Waals surface area contributed by atoms with Crippen molar-refractivity contribution in [2.75, 3.05) is 4.90 Å². The molecule has 0 bridgehead atoms. The summed E-state index contributed by atoms with van der Waals surface area (Å²) in [7, 11) is 0. The van der Waals surface area contributed by atoms with E-state index >= 15 is 0 Å². The number of aromatic nitrogens is 3. The van der Waals surface area contributed by atoms with E-state index in [0.29, 0.717) is 0 Å². The van der Waals surface area contributed by atoms with E-state index in [1.165, 1.54) is 101 Å². The molecule has 0 aliphatic carbocycles. The Morgan fingerprint density at radius 2 is 1.28 bits per heavy atom. The van der Waals surface area contributed by atoms with Crippen molar-refractivity contribution in [2.45, 2.75) is 57.0 Å². The Hall–Kier alpha value is -6.20. The lowest BCUT2D eigenvalue weighted by atomic mass is 9.64. The molecule has 2 atom stereocenters. The largest absolute Gasteiger partial charge is 0.456 e. The molecule has 6 aliphatic heterocycles. The Morgan fingerprint density at radius 1 is 0.574 bits per heavy atom. The van der Waals surface area contributed by atoms with Crippen molar-refractivity contribution in [1.82, 2.24) is 4.57 Å². The quantitative estimate of drug-likeness (QED) is 0.168. The topological polar surface area (TPSA) is 25.2 Å². The van der Waals surface area contributed by atoms with Crippen LogP contribution in [0, 0.1) is 0 Å². The van der Waals surface area contributed by atoms with Gasteiger partial charge in [-0.15, -0.1) is 0 Å². The standard InChI is InChI=1S/C49H36N4O/c1-26(27-12-7-6-8-13-27)28-24-37-36-21-19-34-46-51-44-31(15-11-16-32(44)48(34,4)5)47(2,3)33-20-23-39-42(45(33)51)49(53(36)46)41-38(54-39)22-18-30-29-14-9-10-17-35(29)50(43(30)41)40(25-28)52(37)49/h6-26H,1-5H3/q+2. The molecule has 0 amide bonds. The van der Waals surface area contributed by atoms with Gasteiger partial charge in [0, 0.05) is 50.3 Å². The minimum atomic E-state index is -0.704. The van der Waals surface area contributed by atoms with Crippen LogP contribution in [0.3, 0.4) is 0 Å². The molecule has 0 saturated carbocycles. The van der Waals surface area contributed by atoms with E-state index in [-0.39, 0.29) is 16.7 Å². The van der Waals surface area contributed by atoms with Gasteiger partial charge in [0.05, 0.1) is 5.56 Å². The van der Waals surface area contributed by atoms with Gasteiger partial charge in [-0.25, -0.2) is 0 Å². The Kier molecular flexibility index (Phi) is 4.43. The predicted octanol–water partition coefficient (Wildman–Crippen LogP) is 10.3. The fourth-order valence-electron chi connectivity index (χ4n) is 11.9. The van der Waals surface area contributed by atoms with Crippen molar-refractivity contribution < 1.29 is 13.9 Å². The van der Waals surface area contributed by atoms with Gasteiger partial charge in [0.2, 0.25) is 0 Å². The molecule has 3 aromatic heterocycles. The van der Waals surface area contributed by atoms with Crippen LogP contribution in [0.4, 0.5) is 17.2 Å².